The Morgan fingerprint density at radius 2 is 2.08 bits per heavy atom. The van der Waals surface area contributed by atoms with Gasteiger partial charge in [0.15, 0.2) is 0 Å². The van der Waals surface area contributed by atoms with Gasteiger partial charge in [-0.1, -0.05) is 17.7 Å². The van der Waals surface area contributed by atoms with Crippen LogP contribution in [0.15, 0.2) is 36.7 Å². The highest BCUT2D eigenvalue weighted by atomic mass is 35.5. The highest BCUT2D eigenvalue weighted by molar-refractivity contribution is 6.31. The fourth-order valence-electron chi connectivity index (χ4n) is 4.22. The lowest BCUT2D eigenvalue weighted by molar-refractivity contribution is -0.111. The molecule has 2 atom stereocenters. The zero-order chi connectivity index (χ0) is 25.5. The van der Waals surface area contributed by atoms with Crippen LogP contribution in [0.1, 0.15) is 29.8 Å². The maximum atomic E-state index is 13.4. The largest absolute Gasteiger partial charge is 0.480 e. The smallest absolute Gasteiger partial charge is 0.272 e. The Bertz CT molecular complexity index is 1100. The number of carbonyl (C=O) groups is 2. The molecule has 0 spiro atoms. The average molecular weight is 518 g/mol. The van der Waals surface area contributed by atoms with E-state index < -0.39 is 6.17 Å². The zero-order valence-electron chi connectivity index (χ0n) is 20.0. The first-order chi connectivity index (χ1) is 17.4. The van der Waals surface area contributed by atoms with Crippen molar-refractivity contribution in [3.05, 3.63) is 47.4 Å². The predicted octanol–water partition coefficient (Wildman–Crippen LogP) is 2.79. The van der Waals surface area contributed by atoms with Gasteiger partial charge in [-0.15, -0.1) is 0 Å². The SMILES string of the molecule is COc1nc(N[C@@H]2CCN(C(=O)c3ccc(NC(=O)/C=C/CN4CCC[C@@H](F)C4)cn3)C2)ncc1Cl. The monoisotopic (exact) mass is 517 g/mol. The molecule has 4 heterocycles. The Morgan fingerprint density at radius 3 is 2.83 bits per heavy atom. The number of alkyl halides is 1. The molecular weight excluding hydrogens is 489 g/mol. The molecule has 10 nitrogen and oxygen atoms in total. The van der Waals surface area contributed by atoms with Crippen LogP contribution in [0.2, 0.25) is 5.02 Å². The number of methoxy groups -OCH3 is 1. The van der Waals surface area contributed by atoms with E-state index in [1.165, 1.54) is 25.6 Å². The van der Waals surface area contributed by atoms with Crippen molar-refractivity contribution in [2.75, 3.05) is 50.5 Å². The summed E-state index contributed by atoms with van der Waals surface area (Å²) in [6, 6.07) is 3.21. The van der Waals surface area contributed by atoms with Crippen LogP contribution in [-0.2, 0) is 4.79 Å². The third-order valence-corrected chi connectivity index (χ3v) is 6.30. The van der Waals surface area contributed by atoms with Crippen molar-refractivity contribution in [1.29, 1.82) is 0 Å². The lowest BCUT2D eigenvalue weighted by Gasteiger charge is -2.27. The molecule has 0 saturated carbocycles. The van der Waals surface area contributed by atoms with Gasteiger partial charge in [0, 0.05) is 38.3 Å². The van der Waals surface area contributed by atoms with Gasteiger partial charge in [-0.25, -0.2) is 14.4 Å². The molecule has 2 N–H and O–H groups in total. The van der Waals surface area contributed by atoms with Gasteiger partial charge in [0.25, 0.3) is 5.91 Å². The third-order valence-electron chi connectivity index (χ3n) is 6.04. The van der Waals surface area contributed by atoms with Gasteiger partial charge in [0.05, 0.1) is 25.2 Å². The number of ether oxygens (including phenoxy) is 1. The molecule has 2 fully saturated rings. The number of hydrogen-bond donors (Lipinski definition) is 2. The molecule has 0 aliphatic carbocycles. The van der Waals surface area contributed by atoms with Crippen molar-refractivity contribution in [1.82, 2.24) is 24.8 Å². The van der Waals surface area contributed by atoms with E-state index >= 15 is 0 Å². The molecule has 36 heavy (non-hydrogen) atoms. The normalized spacial score (nSPS) is 20.5. The highest BCUT2D eigenvalue weighted by Crippen LogP contribution is 2.23. The molecule has 2 saturated heterocycles. The summed E-state index contributed by atoms with van der Waals surface area (Å²) in [6.45, 7) is 2.81. The third kappa shape index (κ3) is 6.88. The minimum absolute atomic E-state index is 0.0223. The number of piperidine rings is 1. The number of halogens is 2. The van der Waals surface area contributed by atoms with Gasteiger partial charge in [0.2, 0.25) is 17.7 Å². The van der Waals surface area contributed by atoms with Gasteiger partial charge in [-0.2, -0.15) is 4.98 Å². The Kier molecular flexibility index (Phi) is 8.65. The summed E-state index contributed by atoms with van der Waals surface area (Å²) in [4.78, 5) is 41.3. The number of likely N-dealkylation sites (tertiary alicyclic amines) is 2. The first-order valence-corrected chi connectivity index (χ1v) is 12.2. The van der Waals surface area contributed by atoms with Crippen molar-refractivity contribution in [2.24, 2.45) is 0 Å². The van der Waals surface area contributed by atoms with Crippen molar-refractivity contribution in [3.63, 3.8) is 0 Å². The van der Waals surface area contributed by atoms with Crippen LogP contribution < -0.4 is 15.4 Å². The average Bonchev–Trinajstić information content (AvgIpc) is 3.34. The second-order valence-electron chi connectivity index (χ2n) is 8.75. The summed E-state index contributed by atoms with van der Waals surface area (Å²) < 4.78 is 18.6. The topological polar surface area (TPSA) is 113 Å². The molecule has 2 aromatic heterocycles. The Morgan fingerprint density at radius 1 is 1.22 bits per heavy atom. The molecule has 2 aliphatic heterocycles. The van der Waals surface area contributed by atoms with Crippen LogP contribution in [0.25, 0.3) is 0 Å². The maximum Gasteiger partial charge on any atom is 0.272 e. The Labute approximate surface area is 213 Å². The molecule has 2 aliphatic rings. The first-order valence-electron chi connectivity index (χ1n) is 11.8. The lowest BCUT2D eigenvalue weighted by Crippen LogP contribution is -2.36. The summed E-state index contributed by atoms with van der Waals surface area (Å²) in [5, 5.41) is 6.24. The van der Waals surface area contributed by atoms with Crippen LogP contribution >= 0.6 is 11.6 Å². The minimum Gasteiger partial charge on any atom is -0.480 e. The van der Waals surface area contributed by atoms with Crippen LogP contribution in [0, 0.1) is 0 Å². The molecule has 2 amide bonds. The number of amides is 2. The van der Waals surface area contributed by atoms with Crippen LogP contribution in [0.4, 0.5) is 16.0 Å². The molecule has 4 rings (SSSR count). The van der Waals surface area contributed by atoms with Crippen LogP contribution in [0.5, 0.6) is 5.88 Å². The van der Waals surface area contributed by atoms with Crippen LogP contribution in [-0.4, -0.2) is 88.6 Å². The fourth-order valence-corrected chi connectivity index (χ4v) is 4.39. The van der Waals surface area contributed by atoms with E-state index in [-0.39, 0.29) is 23.7 Å². The van der Waals surface area contributed by atoms with E-state index in [2.05, 4.69) is 25.6 Å². The molecular formula is C24H29ClFN7O3. The van der Waals surface area contributed by atoms with Crippen molar-refractivity contribution in [2.45, 2.75) is 31.5 Å². The second-order valence-corrected chi connectivity index (χ2v) is 9.16. The highest BCUT2D eigenvalue weighted by Gasteiger charge is 2.28. The Hall–Kier alpha value is -3.31. The molecule has 0 radical (unpaired) electrons. The Balaban J connectivity index is 1.24. The second kappa shape index (κ2) is 12.1. The van der Waals surface area contributed by atoms with E-state index in [0.717, 1.165) is 19.4 Å². The van der Waals surface area contributed by atoms with Crippen molar-refractivity contribution >= 4 is 35.1 Å². The van der Waals surface area contributed by atoms with E-state index in [0.29, 0.717) is 55.0 Å². The summed E-state index contributed by atoms with van der Waals surface area (Å²) >= 11 is 5.96. The zero-order valence-corrected chi connectivity index (χ0v) is 20.7. The van der Waals surface area contributed by atoms with E-state index in [1.54, 1.807) is 23.1 Å². The quantitative estimate of drug-likeness (QED) is 0.514. The lowest BCUT2D eigenvalue weighted by atomic mass is 10.1. The fraction of sp³-hybridized carbons (Fsp3) is 0.458. The van der Waals surface area contributed by atoms with Crippen molar-refractivity contribution in [3.8, 4) is 5.88 Å². The standard InChI is InChI=1S/C24H29ClFN7O3/c1-36-22-19(25)13-28-24(31-22)30-18-8-11-33(15-18)23(35)20-7-6-17(12-27-20)29-21(34)5-3-10-32-9-2-4-16(26)14-32/h3,5-7,12-13,16,18H,2,4,8-11,14-15H2,1H3,(H,29,34)(H,28,30,31)/b5-3+/t16-,18-/m1/s1. The van der Waals surface area contributed by atoms with Gasteiger partial charge in [-0.3, -0.25) is 14.5 Å². The number of anilines is 2. The van der Waals surface area contributed by atoms with Crippen molar-refractivity contribution < 1.29 is 18.7 Å². The van der Waals surface area contributed by atoms with Gasteiger partial charge in [-0.05, 0) is 37.9 Å². The van der Waals surface area contributed by atoms with Gasteiger partial charge in [0.1, 0.15) is 16.9 Å². The molecule has 0 aromatic carbocycles. The summed E-state index contributed by atoms with van der Waals surface area (Å²) in [5.41, 5.74) is 0.775. The van der Waals surface area contributed by atoms with E-state index in [9.17, 15) is 14.0 Å². The number of pyridine rings is 1. The van der Waals surface area contributed by atoms with Crippen LogP contribution in [0.3, 0.4) is 0 Å². The molecule has 2 aromatic rings. The molecule has 0 unspecified atom stereocenters. The van der Waals surface area contributed by atoms with E-state index in [4.69, 9.17) is 16.3 Å². The first kappa shape index (κ1) is 25.8. The molecule has 0 bridgehead atoms. The minimum atomic E-state index is -0.794. The maximum absolute atomic E-state index is 13.4. The predicted molar refractivity (Wildman–Crippen MR) is 134 cm³/mol. The molecule has 192 valence electrons. The number of nitrogens with one attached hydrogen (secondary N) is 2. The molecule has 12 heteroatoms. The number of nitrogens with zero attached hydrogens (tertiary/aromatic N) is 5. The number of aromatic nitrogens is 3. The summed E-state index contributed by atoms with van der Waals surface area (Å²) in [7, 11) is 1.48. The van der Waals surface area contributed by atoms with Gasteiger partial charge >= 0.3 is 0 Å². The summed E-state index contributed by atoms with van der Waals surface area (Å²) in [6.07, 6.45) is 7.44. The van der Waals surface area contributed by atoms with Gasteiger partial charge < -0.3 is 20.3 Å². The number of rotatable bonds is 8. The van der Waals surface area contributed by atoms with E-state index in [1.807, 2.05) is 4.90 Å². The summed E-state index contributed by atoms with van der Waals surface area (Å²) in [5.74, 6) is 0.160. The number of hydrogen-bond acceptors (Lipinski definition) is 8. The number of carbonyl (C=O) groups excluding carboxylic acids is 2.